The fourth-order valence-electron chi connectivity index (χ4n) is 4.09. The molecule has 0 saturated heterocycles. The van der Waals surface area contributed by atoms with Crippen molar-refractivity contribution in [2.45, 2.75) is 68.6 Å². The van der Waals surface area contributed by atoms with E-state index in [9.17, 15) is 9.90 Å². The first-order valence-corrected chi connectivity index (χ1v) is 11.7. The molecular weight excluding hydrogens is 392 g/mol. The van der Waals surface area contributed by atoms with Crippen LogP contribution in [0.5, 0.6) is 0 Å². The molecule has 0 saturated carbocycles. The van der Waals surface area contributed by atoms with Crippen molar-refractivity contribution in [2.75, 3.05) is 5.32 Å². The van der Waals surface area contributed by atoms with Crippen LogP contribution in [0.3, 0.4) is 0 Å². The molecule has 0 radical (unpaired) electrons. The molecule has 2 aliphatic carbocycles. The smallest absolute Gasteiger partial charge is 0.352 e. The Hall–Kier alpha value is -1.61. The number of aliphatic hydroxyl groups is 1. The van der Waals surface area contributed by atoms with Gasteiger partial charge in [-0.3, -0.25) is 5.14 Å². The minimum Gasteiger partial charge on any atom is -0.383 e. The van der Waals surface area contributed by atoms with Crippen LogP contribution < -0.4 is 10.5 Å². The monoisotopic (exact) mass is 418 g/mol. The Bertz CT molecular complexity index is 975. The van der Waals surface area contributed by atoms with Gasteiger partial charge in [-0.05, 0) is 74.1 Å². The third-order valence-electron chi connectivity index (χ3n) is 5.53. The number of carbonyl (C=O) groups is 1. The van der Waals surface area contributed by atoms with Crippen molar-refractivity contribution < 1.29 is 9.90 Å². The van der Waals surface area contributed by atoms with Gasteiger partial charge in [-0.2, -0.15) is 4.36 Å². The van der Waals surface area contributed by atoms with Crippen LogP contribution in [0.2, 0.25) is 0 Å². The molecule has 0 bridgehead atoms. The van der Waals surface area contributed by atoms with Crippen molar-refractivity contribution in [3.8, 4) is 0 Å². The Morgan fingerprint density at radius 3 is 2.89 bits per heavy atom. The molecule has 0 aliphatic heterocycles. The molecule has 2 unspecified atom stereocenters. The summed E-state index contributed by atoms with van der Waals surface area (Å²) in [6.45, 7) is 5.60. The lowest BCUT2D eigenvalue weighted by molar-refractivity contribution is 0.0783. The van der Waals surface area contributed by atoms with Gasteiger partial charge in [0.15, 0.2) is 0 Å². The van der Waals surface area contributed by atoms with E-state index in [-0.39, 0.29) is 0 Å². The first kappa shape index (κ1) is 19.7. The number of hydrogen-bond donors (Lipinski definition) is 3. The zero-order valence-electron chi connectivity index (χ0n) is 16.4. The number of nitrogens with two attached hydrogens (primary N) is 1. The van der Waals surface area contributed by atoms with E-state index in [0.29, 0.717) is 15.1 Å². The van der Waals surface area contributed by atoms with Gasteiger partial charge in [0.25, 0.3) is 0 Å². The van der Waals surface area contributed by atoms with Crippen molar-refractivity contribution in [2.24, 2.45) is 9.50 Å². The maximum atomic E-state index is 12.7. The van der Waals surface area contributed by atoms with Gasteiger partial charge in [0, 0.05) is 16.6 Å². The SMILES string of the molecule is CC1CCc2c1cc1c(c2NC(=O)N=S(N)c2cnc(C(C)(C)O)s2)CCC1. The molecule has 2 atom stereocenters. The fourth-order valence-corrected chi connectivity index (χ4v) is 5.91. The molecule has 1 heterocycles. The highest BCUT2D eigenvalue weighted by Crippen LogP contribution is 2.43. The van der Waals surface area contributed by atoms with Crippen LogP contribution in [-0.2, 0) is 35.7 Å². The highest BCUT2D eigenvalue weighted by Gasteiger charge is 2.28. The Morgan fingerprint density at radius 1 is 1.39 bits per heavy atom. The number of aromatic nitrogens is 1. The lowest BCUT2D eigenvalue weighted by Crippen LogP contribution is -2.15. The standard InChI is InChI=1S/C20H26N4O2S2/c1-11-7-8-14-15(11)9-12-5-4-6-13(12)17(14)23-19(25)24-28(21)16-10-22-18(27-16)20(2,3)26/h9-11,26H,4-8H2,1-3H3,(H3,21,23,24,25). The summed E-state index contributed by atoms with van der Waals surface area (Å²) in [4.78, 5) is 16.9. The molecular formula is C20H26N4O2S2. The third kappa shape index (κ3) is 3.66. The van der Waals surface area contributed by atoms with Gasteiger partial charge in [0.1, 0.15) is 14.8 Å². The second kappa shape index (κ2) is 7.33. The van der Waals surface area contributed by atoms with Crippen LogP contribution in [0.1, 0.15) is 66.8 Å². The summed E-state index contributed by atoms with van der Waals surface area (Å²) in [5.74, 6) is 0.537. The number of nitrogens with one attached hydrogen (secondary N) is 1. The number of fused-ring (bicyclic) bond motifs is 2. The number of nitrogens with zero attached hydrogens (tertiary/aromatic N) is 2. The predicted octanol–water partition coefficient (Wildman–Crippen LogP) is 4.18. The zero-order valence-corrected chi connectivity index (χ0v) is 18.0. The van der Waals surface area contributed by atoms with Crippen molar-refractivity contribution in [3.05, 3.63) is 39.5 Å². The number of aryl methyl sites for hydroxylation is 1. The molecule has 0 fully saturated rings. The summed E-state index contributed by atoms with van der Waals surface area (Å²) in [5, 5.41) is 19.8. The first-order valence-electron chi connectivity index (χ1n) is 9.61. The van der Waals surface area contributed by atoms with E-state index in [1.54, 1.807) is 20.0 Å². The molecule has 2 amide bonds. The van der Waals surface area contributed by atoms with Crippen molar-refractivity contribution in [3.63, 3.8) is 0 Å². The predicted molar refractivity (Wildman–Crippen MR) is 114 cm³/mol. The van der Waals surface area contributed by atoms with E-state index in [4.69, 9.17) is 5.14 Å². The van der Waals surface area contributed by atoms with Gasteiger partial charge in [-0.1, -0.05) is 13.0 Å². The highest BCUT2D eigenvalue weighted by molar-refractivity contribution is 7.87. The van der Waals surface area contributed by atoms with Crippen molar-refractivity contribution in [1.29, 1.82) is 0 Å². The Kier molecular flexibility index (Phi) is 5.16. The van der Waals surface area contributed by atoms with Gasteiger partial charge < -0.3 is 10.4 Å². The Balaban J connectivity index is 1.60. The summed E-state index contributed by atoms with van der Waals surface area (Å²) >= 11 is 1.29. The van der Waals surface area contributed by atoms with Crippen molar-refractivity contribution in [1.82, 2.24) is 4.98 Å². The second-order valence-corrected chi connectivity index (χ2v) is 10.7. The molecule has 28 heavy (non-hydrogen) atoms. The molecule has 4 rings (SSSR count). The minimum atomic E-state index is -1.10. The van der Waals surface area contributed by atoms with Crippen LogP contribution >= 0.6 is 11.3 Å². The van der Waals surface area contributed by atoms with Crippen LogP contribution in [0.4, 0.5) is 10.5 Å². The topological polar surface area (TPSA) is 101 Å². The summed E-state index contributed by atoms with van der Waals surface area (Å²) in [6.07, 6.45) is 6.94. The molecule has 2 aliphatic rings. The van der Waals surface area contributed by atoms with E-state index >= 15 is 0 Å². The third-order valence-corrected chi connectivity index (χ3v) is 8.28. The van der Waals surface area contributed by atoms with Crippen LogP contribution in [0.25, 0.3) is 0 Å². The zero-order chi connectivity index (χ0) is 20.1. The van der Waals surface area contributed by atoms with E-state index in [1.807, 2.05) is 0 Å². The number of carbonyl (C=O) groups excluding carboxylic acids is 1. The maximum Gasteiger partial charge on any atom is 0.352 e. The Labute approximate surface area is 171 Å². The number of amides is 2. The van der Waals surface area contributed by atoms with Gasteiger partial charge in [-0.15, -0.1) is 11.3 Å². The molecule has 1 aromatic carbocycles. The largest absolute Gasteiger partial charge is 0.383 e. The summed E-state index contributed by atoms with van der Waals surface area (Å²) in [6, 6.07) is 1.94. The number of rotatable bonds is 3. The van der Waals surface area contributed by atoms with Crippen molar-refractivity contribution >= 4 is 33.9 Å². The number of hydrogen-bond acceptors (Lipinski definition) is 4. The molecule has 6 nitrogen and oxygen atoms in total. The number of urea groups is 1. The molecule has 1 aromatic heterocycles. The quantitative estimate of drug-likeness (QED) is 0.696. The fraction of sp³-hybridized carbons (Fsp3) is 0.500. The second-order valence-electron chi connectivity index (χ2n) is 8.13. The summed E-state index contributed by atoms with van der Waals surface area (Å²) in [5.41, 5.74) is 5.23. The number of benzene rings is 1. The van der Waals surface area contributed by atoms with Gasteiger partial charge in [0.2, 0.25) is 0 Å². The van der Waals surface area contributed by atoms with Gasteiger partial charge >= 0.3 is 6.03 Å². The van der Waals surface area contributed by atoms with E-state index in [2.05, 4.69) is 27.7 Å². The van der Waals surface area contributed by atoms with E-state index in [0.717, 1.165) is 37.8 Å². The molecule has 8 heteroatoms. The molecule has 150 valence electrons. The average molecular weight is 419 g/mol. The summed E-state index contributed by atoms with van der Waals surface area (Å²) in [7, 11) is -1.10. The first-order chi connectivity index (χ1) is 13.2. The minimum absolute atomic E-state index is 0.411. The van der Waals surface area contributed by atoms with Crippen LogP contribution in [0, 0.1) is 0 Å². The molecule has 4 N–H and O–H groups in total. The van der Waals surface area contributed by atoms with Crippen LogP contribution in [0.15, 0.2) is 20.8 Å². The molecule has 0 spiro atoms. The van der Waals surface area contributed by atoms with Gasteiger partial charge in [0.05, 0.1) is 6.20 Å². The van der Waals surface area contributed by atoms with E-state index < -0.39 is 22.5 Å². The van der Waals surface area contributed by atoms with E-state index in [1.165, 1.54) is 33.6 Å². The normalized spacial score (nSPS) is 19.5. The van der Waals surface area contributed by atoms with Crippen LogP contribution in [-0.4, -0.2) is 16.1 Å². The lowest BCUT2D eigenvalue weighted by Gasteiger charge is -2.16. The summed E-state index contributed by atoms with van der Waals surface area (Å²) < 4.78 is 4.84. The highest BCUT2D eigenvalue weighted by atomic mass is 32.2. The molecule has 2 aromatic rings. The van der Waals surface area contributed by atoms with Gasteiger partial charge in [-0.25, -0.2) is 9.78 Å². The maximum absolute atomic E-state index is 12.7. The Morgan fingerprint density at radius 2 is 2.18 bits per heavy atom. The number of thiazole rings is 1. The number of anilines is 1. The lowest BCUT2D eigenvalue weighted by atomic mass is 9.96. The average Bonchev–Trinajstić information content (AvgIpc) is 3.34.